The fourth-order valence-corrected chi connectivity index (χ4v) is 2.32. The maximum Gasteiger partial charge on any atom is 0.0211 e. The average Bonchev–Trinajstić information content (AvgIpc) is 2.29. The Hall–Kier alpha value is -0.860. The van der Waals surface area contributed by atoms with E-state index in [2.05, 4.69) is 42.7 Å². The van der Waals surface area contributed by atoms with Gasteiger partial charge in [-0.15, -0.1) is 0 Å². The molecule has 1 aliphatic heterocycles. The van der Waals surface area contributed by atoms with Crippen LogP contribution in [0.3, 0.4) is 0 Å². The summed E-state index contributed by atoms with van der Waals surface area (Å²) < 4.78 is 0. The van der Waals surface area contributed by atoms with Gasteiger partial charge in [0.1, 0.15) is 0 Å². The van der Waals surface area contributed by atoms with Crippen molar-refractivity contribution in [2.45, 2.75) is 39.3 Å². The van der Waals surface area contributed by atoms with E-state index in [0.717, 1.165) is 13.1 Å². The Labute approximate surface area is 98.4 Å². The molecule has 0 saturated carbocycles. The molecule has 0 aromatic heterocycles. The van der Waals surface area contributed by atoms with Crippen LogP contribution in [0, 0.1) is 13.8 Å². The van der Waals surface area contributed by atoms with Crippen molar-refractivity contribution < 1.29 is 0 Å². The minimum Gasteiger partial charge on any atom is -0.315 e. The van der Waals surface area contributed by atoms with Gasteiger partial charge < -0.3 is 10.6 Å². The molecule has 0 aliphatic carbocycles. The van der Waals surface area contributed by atoms with Gasteiger partial charge in [0.15, 0.2) is 0 Å². The van der Waals surface area contributed by atoms with Gasteiger partial charge in [-0.3, -0.25) is 0 Å². The van der Waals surface area contributed by atoms with Crippen LogP contribution in [0.15, 0.2) is 18.2 Å². The highest BCUT2D eigenvalue weighted by atomic mass is 15.0. The van der Waals surface area contributed by atoms with Gasteiger partial charge in [-0.05, 0) is 44.4 Å². The lowest BCUT2D eigenvalue weighted by atomic mass is 10.0. The van der Waals surface area contributed by atoms with E-state index in [0.29, 0.717) is 6.04 Å². The zero-order valence-electron chi connectivity index (χ0n) is 10.3. The minimum atomic E-state index is 0.648. The molecule has 1 aromatic rings. The summed E-state index contributed by atoms with van der Waals surface area (Å²) in [7, 11) is 0. The monoisotopic (exact) mass is 218 g/mol. The molecule has 1 saturated heterocycles. The van der Waals surface area contributed by atoms with Crippen molar-refractivity contribution in [2.24, 2.45) is 0 Å². The van der Waals surface area contributed by atoms with E-state index in [1.54, 1.807) is 0 Å². The van der Waals surface area contributed by atoms with Crippen LogP contribution in [0.25, 0.3) is 0 Å². The summed E-state index contributed by atoms with van der Waals surface area (Å²) >= 11 is 0. The first-order valence-corrected chi connectivity index (χ1v) is 6.26. The number of benzene rings is 1. The van der Waals surface area contributed by atoms with Crippen LogP contribution in [0.5, 0.6) is 0 Å². The first-order chi connectivity index (χ1) is 7.75. The second kappa shape index (κ2) is 5.46. The molecule has 0 bridgehead atoms. The van der Waals surface area contributed by atoms with Crippen LogP contribution in [-0.4, -0.2) is 19.1 Å². The highest BCUT2D eigenvalue weighted by Gasteiger charge is 2.11. The van der Waals surface area contributed by atoms with Crippen molar-refractivity contribution in [1.29, 1.82) is 0 Å². The van der Waals surface area contributed by atoms with Crippen molar-refractivity contribution in [2.75, 3.05) is 13.1 Å². The minimum absolute atomic E-state index is 0.648. The molecule has 16 heavy (non-hydrogen) atoms. The van der Waals surface area contributed by atoms with Gasteiger partial charge >= 0.3 is 0 Å². The molecule has 88 valence electrons. The van der Waals surface area contributed by atoms with Crippen LogP contribution in [0.2, 0.25) is 0 Å². The predicted octanol–water partition coefficient (Wildman–Crippen LogP) is 2.15. The molecule has 1 aliphatic rings. The number of rotatable bonds is 3. The lowest BCUT2D eigenvalue weighted by Gasteiger charge is -2.24. The van der Waals surface area contributed by atoms with Gasteiger partial charge in [0.2, 0.25) is 0 Å². The highest BCUT2D eigenvalue weighted by Crippen LogP contribution is 2.11. The summed E-state index contributed by atoms with van der Waals surface area (Å²) in [4.78, 5) is 0. The Morgan fingerprint density at radius 2 is 2.25 bits per heavy atom. The zero-order valence-corrected chi connectivity index (χ0v) is 10.3. The number of hydrogen-bond acceptors (Lipinski definition) is 2. The Kier molecular flexibility index (Phi) is 3.97. The van der Waals surface area contributed by atoms with Gasteiger partial charge in [-0.2, -0.15) is 0 Å². The Morgan fingerprint density at radius 1 is 1.38 bits per heavy atom. The van der Waals surface area contributed by atoms with Crippen molar-refractivity contribution >= 4 is 0 Å². The lowest BCUT2D eigenvalue weighted by molar-refractivity contribution is 0.389. The number of nitrogens with one attached hydrogen (secondary N) is 2. The van der Waals surface area contributed by atoms with Gasteiger partial charge in [-0.1, -0.05) is 23.8 Å². The molecule has 2 nitrogen and oxygen atoms in total. The van der Waals surface area contributed by atoms with Crippen LogP contribution in [0.1, 0.15) is 29.5 Å². The number of aryl methyl sites for hydroxylation is 2. The molecule has 1 unspecified atom stereocenters. The molecule has 0 amide bonds. The van der Waals surface area contributed by atoms with E-state index < -0.39 is 0 Å². The fourth-order valence-electron chi connectivity index (χ4n) is 2.32. The molecule has 1 heterocycles. The highest BCUT2D eigenvalue weighted by molar-refractivity contribution is 5.30. The SMILES string of the molecule is Cc1ccc(CNC2CCCNC2)c(C)c1. The Bertz CT molecular complexity index is 341. The third-order valence-corrected chi connectivity index (χ3v) is 3.38. The van der Waals surface area contributed by atoms with E-state index in [4.69, 9.17) is 0 Å². The first kappa shape index (κ1) is 11.6. The fraction of sp³-hybridized carbons (Fsp3) is 0.571. The van der Waals surface area contributed by atoms with Gasteiger partial charge in [-0.25, -0.2) is 0 Å². The quantitative estimate of drug-likeness (QED) is 0.812. The normalized spacial score (nSPS) is 21.0. The van der Waals surface area contributed by atoms with Crippen molar-refractivity contribution in [3.63, 3.8) is 0 Å². The predicted molar refractivity (Wildman–Crippen MR) is 68.6 cm³/mol. The Balaban J connectivity index is 1.88. The van der Waals surface area contributed by atoms with E-state index >= 15 is 0 Å². The van der Waals surface area contributed by atoms with Crippen molar-refractivity contribution in [3.8, 4) is 0 Å². The molecular formula is C14H22N2. The summed E-state index contributed by atoms with van der Waals surface area (Å²) in [6, 6.07) is 7.35. The second-order valence-electron chi connectivity index (χ2n) is 4.85. The molecule has 2 rings (SSSR count). The second-order valence-corrected chi connectivity index (χ2v) is 4.85. The summed E-state index contributed by atoms with van der Waals surface area (Å²) in [5.74, 6) is 0. The van der Waals surface area contributed by atoms with E-state index in [1.807, 2.05) is 0 Å². The summed E-state index contributed by atoms with van der Waals surface area (Å²) in [6.07, 6.45) is 2.60. The van der Waals surface area contributed by atoms with E-state index in [9.17, 15) is 0 Å². The van der Waals surface area contributed by atoms with Crippen LogP contribution in [-0.2, 0) is 6.54 Å². The third kappa shape index (κ3) is 3.06. The average molecular weight is 218 g/mol. The molecule has 1 aromatic carbocycles. The molecule has 0 spiro atoms. The standard InChI is InChI=1S/C14H22N2/c1-11-5-6-13(12(2)8-11)9-16-14-4-3-7-15-10-14/h5-6,8,14-16H,3-4,7,9-10H2,1-2H3. The summed E-state index contributed by atoms with van der Waals surface area (Å²) in [6.45, 7) is 7.64. The largest absolute Gasteiger partial charge is 0.315 e. The third-order valence-electron chi connectivity index (χ3n) is 3.38. The lowest BCUT2D eigenvalue weighted by Crippen LogP contribution is -2.42. The molecule has 2 N–H and O–H groups in total. The molecule has 0 radical (unpaired) electrons. The zero-order chi connectivity index (χ0) is 11.4. The van der Waals surface area contributed by atoms with Gasteiger partial charge in [0.25, 0.3) is 0 Å². The number of hydrogen-bond donors (Lipinski definition) is 2. The van der Waals surface area contributed by atoms with Crippen LogP contribution >= 0.6 is 0 Å². The van der Waals surface area contributed by atoms with Gasteiger partial charge in [0, 0.05) is 19.1 Å². The van der Waals surface area contributed by atoms with Crippen molar-refractivity contribution in [3.05, 3.63) is 34.9 Å². The summed E-state index contributed by atoms with van der Waals surface area (Å²) in [5.41, 5.74) is 4.17. The molecule has 2 heteroatoms. The number of piperidine rings is 1. The van der Waals surface area contributed by atoms with E-state index in [-0.39, 0.29) is 0 Å². The molecule has 1 atom stereocenters. The van der Waals surface area contributed by atoms with Gasteiger partial charge in [0.05, 0.1) is 0 Å². The molecule has 1 fully saturated rings. The Morgan fingerprint density at radius 3 is 2.94 bits per heavy atom. The maximum atomic E-state index is 3.64. The smallest absolute Gasteiger partial charge is 0.0211 e. The van der Waals surface area contributed by atoms with E-state index in [1.165, 1.54) is 36.1 Å². The van der Waals surface area contributed by atoms with Crippen LogP contribution < -0.4 is 10.6 Å². The first-order valence-electron chi connectivity index (χ1n) is 6.26. The van der Waals surface area contributed by atoms with Crippen LogP contribution in [0.4, 0.5) is 0 Å². The summed E-state index contributed by atoms with van der Waals surface area (Å²) in [5, 5.41) is 7.07. The maximum absolute atomic E-state index is 3.64. The molecular weight excluding hydrogens is 196 g/mol. The van der Waals surface area contributed by atoms with Crippen molar-refractivity contribution in [1.82, 2.24) is 10.6 Å². The topological polar surface area (TPSA) is 24.1 Å².